The number of rotatable bonds is 1. The molecular formula is C14H23N3. The van der Waals surface area contributed by atoms with E-state index in [1.807, 2.05) is 12.4 Å². The number of hydrogen-bond donors (Lipinski definition) is 1. The van der Waals surface area contributed by atoms with E-state index in [2.05, 4.69) is 42.8 Å². The van der Waals surface area contributed by atoms with Crippen LogP contribution in [-0.4, -0.2) is 28.0 Å². The number of aromatic nitrogens is 1. The van der Waals surface area contributed by atoms with Gasteiger partial charge < -0.3 is 5.73 Å². The first-order chi connectivity index (χ1) is 8.00. The second-order valence-corrected chi connectivity index (χ2v) is 5.90. The highest BCUT2D eigenvalue weighted by Gasteiger charge is 2.36. The van der Waals surface area contributed by atoms with Crippen LogP contribution in [0.2, 0.25) is 0 Å². The highest BCUT2D eigenvalue weighted by Crippen LogP contribution is 2.35. The molecule has 0 aliphatic carbocycles. The van der Waals surface area contributed by atoms with Crippen molar-refractivity contribution in [3.63, 3.8) is 0 Å². The van der Waals surface area contributed by atoms with E-state index in [9.17, 15) is 0 Å². The van der Waals surface area contributed by atoms with Crippen molar-refractivity contribution in [1.29, 1.82) is 0 Å². The van der Waals surface area contributed by atoms with Gasteiger partial charge in [-0.3, -0.25) is 9.88 Å². The summed E-state index contributed by atoms with van der Waals surface area (Å²) in [5.41, 5.74) is 7.79. The molecule has 0 aromatic carbocycles. The topological polar surface area (TPSA) is 42.1 Å². The molecule has 1 aromatic heterocycles. The molecule has 1 saturated heterocycles. The summed E-state index contributed by atoms with van der Waals surface area (Å²) in [7, 11) is 0. The molecule has 1 aromatic rings. The highest BCUT2D eigenvalue weighted by atomic mass is 15.2. The second kappa shape index (κ2) is 4.75. The number of nitrogens with zero attached hydrogens (tertiary/aromatic N) is 2. The summed E-state index contributed by atoms with van der Waals surface area (Å²) in [5, 5.41) is 0. The molecule has 3 heteroatoms. The van der Waals surface area contributed by atoms with Crippen molar-refractivity contribution in [2.24, 2.45) is 5.73 Å². The van der Waals surface area contributed by atoms with Crippen molar-refractivity contribution < 1.29 is 0 Å². The van der Waals surface area contributed by atoms with Crippen molar-refractivity contribution in [1.82, 2.24) is 9.88 Å². The lowest BCUT2D eigenvalue weighted by atomic mass is 9.87. The van der Waals surface area contributed by atoms with E-state index in [1.165, 1.54) is 12.0 Å². The SMILES string of the molecule is CC(C)(C)N1CCCC(N)C1c1ccncc1. The predicted molar refractivity (Wildman–Crippen MR) is 70.6 cm³/mol. The minimum atomic E-state index is 0.159. The molecule has 3 nitrogen and oxygen atoms in total. The first kappa shape index (κ1) is 12.5. The molecule has 2 heterocycles. The fourth-order valence-electron chi connectivity index (χ4n) is 2.77. The molecule has 1 aliphatic rings. The van der Waals surface area contributed by atoms with Crippen LogP contribution in [0, 0.1) is 0 Å². The van der Waals surface area contributed by atoms with Gasteiger partial charge >= 0.3 is 0 Å². The third-order valence-corrected chi connectivity index (χ3v) is 3.59. The van der Waals surface area contributed by atoms with Crippen LogP contribution >= 0.6 is 0 Å². The van der Waals surface area contributed by atoms with Gasteiger partial charge in [-0.2, -0.15) is 0 Å². The van der Waals surface area contributed by atoms with Crippen LogP contribution in [0.4, 0.5) is 0 Å². The Bertz CT molecular complexity index is 355. The number of hydrogen-bond acceptors (Lipinski definition) is 3. The van der Waals surface area contributed by atoms with Gasteiger partial charge in [0.05, 0.1) is 6.04 Å². The second-order valence-electron chi connectivity index (χ2n) is 5.90. The zero-order valence-electron chi connectivity index (χ0n) is 11.1. The van der Waals surface area contributed by atoms with Crippen LogP contribution in [0.3, 0.4) is 0 Å². The fraction of sp³-hybridized carbons (Fsp3) is 0.643. The molecule has 2 N–H and O–H groups in total. The molecule has 0 spiro atoms. The van der Waals surface area contributed by atoms with Crippen molar-refractivity contribution in [2.75, 3.05) is 6.54 Å². The molecule has 2 rings (SSSR count). The average Bonchev–Trinajstić information content (AvgIpc) is 2.28. The van der Waals surface area contributed by atoms with Gasteiger partial charge in [-0.25, -0.2) is 0 Å². The van der Waals surface area contributed by atoms with E-state index < -0.39 is 0 Å². The third-order valence-electron chi connectivity index (χ3n) is 3.59. The zero-order chi connectivity index (χ0) is 12.5. The highest BCUT2D eigenvalue weighted by molar-refractivity contribution is 5.19. The van der Waals surface area contributed by atoms with Gasteiger partial charge in [0, 0.05) is 24.0 Å². The number of likely N-dealkylation sites (tertiary alicyclic amines) is 1. The average molecular weight is 233 g/mol. The smallest absolute Gasteiger partial charge is 0.0505 e. The molecular weight excluding hydrogens is 210 g/mol. The lowest BCUT2D eigenvalue weighted by molar-refractivity contribution is 0.0384. The lowest BCUT2D eigenvalue weighted by Gasteiger charge is -2.47. The molecule has 2 atom stereocenters. The summed E-state index contributed by atoms with van der Waals surface area (Å²) in [6, 6.07) is 4.74. The Kier molecular flexibility index (Phi) is 3.50. The summed E-state index contributed by atoms with van der Waals surface area (Å²) >= 11 is 0. The van der Waals surface area contributed by atoms with Crippen LogP contribution in [-0.2, 0) is 0 Å². The summed E-state index contributed by atoms with van der Waals surface area (Å²) in [6.45, 7) is 7.92. The standard InChI is InChI=1S/C14H23N3/c1-14(2,3)17-10-4-5-12(15)13(17)11-6-8-16-9-7-11/h6-9,12-13H,4-5,10,15H2,1-3H3. The first-order valence-electron chi connectivity index (χ1n) is 6.42. The normalized spacial score (nSPS) is 27.1. The van der Waals surface area contributed by atoms with Gasteiger partial charge in [-0.15, -0.1) is 0 Å². The Hall–Kier alpha value is -0.930. The maximum atomic E-state index is 6.34. The van der Waals surface area contributed by atoms with Crippen molar-refractivity contribution >= 4 is 0 Å². The van der Waals surface area contributed by atoms with E-state index in [0.717, 1.165) is 13.0 Å². The van der Waals surface area contributed by atoms with E-state index in [1.54, 1.807) is 0 Å². The monoisotopic (exact) mass is 233 g/mol. The number of pyridine rings is 1. The molecule has 0 saturated carbocycles. The Morgan fingerprint density at radius 1 is 1.29 bits per heavy atom. The van der Waals surface area contributed by atoms with E-state index >= 15 is 0 Å². The van der Waals surface area contributed by atoms with E-state index in [-0.39, 0.29) is 11.6 Å². The van der Waals surface area contributed by atoms with Crippen LogP contribution in [0.15, 0.2) is 24.5 Å². The Morgan fingerprint density at radius 2 is 1.94 bits per heavy atom. The third kappa shape index (κ3) is 2.67. The quantitative estimate of drug-likeness (QED) is 0.809. The van der Waals surface area contributed by atoms with Gasteiger partial charge in [0.1, 0.15) is 0 Å². The maximum Gasteiger partial charge on any atom is 0.0505 e. The molecule has 0 amide bonds. The van der Waals surface area contributed by atoms with Crippen LogP contribution in [0.5, 0.6) is 0 Å². The van der Waals surface area contributed by atoms with Crippen LogP contribution in [0.1, 0.15) is 45.2 Å². The summed E-state index contributed by atoms with van der Waals surface area (Å²) in [4.78, 5) is 6.62. The number of nitrogens with two attached hydrogens (primary N) is 1. The predicted octanol–water partition coefficient (Wildman–Crippen LogP) is 2.34. The molecule has 94 valence electrons. The van der Waals surface area contributed by atoms with Crippen LogP contribution in [0.25, 0.3) is 0 Å². The number of piperidine rings is 1. The Labute approximate surface area is 104 Å². The van der Waals surface area contributed by atoms with Gasteiger partial charge in [0.15, 0.2) is 0 Å². The summed E-state index contributed by atoms with van der Waals surface area (Å²) in [6.07, 6.45) is 6.02. The van der Waals surface area contributed by atoms with Crippen molar-refractivity contribution in [2.45, 2.75) is 51.2 Å². The molecule has 0 bridgehead atoms. The fourth-order valence-corrected chi connectivity index (χ4v) is 2.77. The van der Waals surface area contributed by atoms with Crippen molar-refractivity contribution in [3.8, 4) is 0 Å². The zero-order valence-corrected chi connectivity index (χ0v) is 11.1. The molecule has 17 heavy (non-hydrogen) atoms. The summed E-state index contributed by atoms with van der Waals surface area (Å²) in [5.74, 6) is 0. The van der Waals surface area contributed by atoms with Crippen LogP contribution < -0.4 is 5.73 Å². The lowest BCUT2D eigenvalue weighted by Crippen LogP contribution is -2.53. The van der Waals surface area contributed by atoms with Gasteiger partial charge in [0.25, 0.3) is 0 Å². The maximum absolute atomic E-state index is 6.34. The minimum Gasteiger partial charge on any atom is -0.326 e. The molecule has 2 unspecified atom stereocenters. The Balaban J connectivity index is 2.32. The Morgan fingerprint density at radius 3 is 2.53 bits per heavy atom. The molecule has 1 aliphatic heterocycles. The molecule has 1 fully saturated rings. The van der Waals surface area contributed by atoms with E-state index in [0.29, 0.717) is 6.04 Å². The molecule has 0 radical (unpaired) electrons. The van der Waals surface area contributed by atoms with Gasteiger partial charge in [-0.1, -0.05) is 0 Å². The minimum absolute atomic E-state index is 0.159. The summed E-state index contributed by atoms with van der Waals surface area (Å²) < 4.78 is 0. The first-order valence-corrected chi connectivity index (χ1v) is 6.42. The van der Waals surface area contributed by atoms with Gasteiger partial charge in [-0.05, 0) is 57.9 Å². The largest absolute Gasteiger partial charge is 0.326 e. The van der Waals surface area contributed by atoms with Crippen molar-refractivity contribution in [3.05, 3.63) is 30.1 Å². The van der Waals surface area contributed by atoms with E-state index in [4.69, 9.17) is 5.73 Å². The van der Waals surface area contributed by atoms with Gasteiger partial charge in [0.2, 0.25) is 0 Å².